The van der Waals surface area contributed by atoms with E-state index in [0.717, 1.165) is 34.6 Å². The van der Waals surface area contributed by atoms with Crippen molar-refractivity contribution >= 4 is 22.7 Å². The monoisotopic (exact) mass is 324 g/mol. The zero-order valence-electron chi connectivity index (χ0n) is 13.0. The Kier molecular flexibility index (Phi) is 4.28. The second-order valence-corrected chi connectivity index (χ2v) is 7.14. The number of nitrogens with zero attached hydrogens (tertiary/aromatic N) is 3. The van der Waals surface area contributed by atoms with Crippen molar-refractivity contribution in [3.8, 4) is 0 Å². The largest absolute Gasteiger partial charge is 0.262 e. The molecule has 0 unspecified atom stereocenters. The van der Waals surface area contributed by atoms with Crippen LogP contribution in [-0.4, -0.2) is 20.2 Å². The minimum absolute atomic E-state index is 0.795. The van der Waals surface area contributed by atoms with E-state index in [4.69, 9.17) is 0 Å². The molecule has 118 valence electrons. The van der Waals surface area contributed by atoms with Gasteiger partial charge in [-0.2, -0.15) is 0 Å². The Bertz CT molecular complexity index is 787. The average Bonchev–Trinajstić information content (AvgIpc) is 3.25. The van der Waals surface area contributed by atoms with Crippen LogP contribution in [0.15, 0.2) is 41.7 Å². The minimum Gasteiger partial charge on any atom is -0.262 e. The number of H-pyrrole nitrogens is 1. The number of pyridine rings is 1. The highest BCUT2D eigenvalue weighted by Gasteiger charge is 2.17. The van der Waals surface area contributed by atoms with E-state index in [1.807, 2.05) is 12.3 Å². The van der Waals surface area contributed by atoms with E-state index in [1.165, 1.54) is 36.6 Å². The summed E-state index contributed by atoms with van der Waals surface area (Å²) in [6, 6.07) is 10.4. The second kappa shape index (κ2) is 6.71. The van der Waals surface area contributed by atoms with Crippen LogP contribution < -0.4 is 0 Å². The van der Waals surface area contributed by atoms with Gasteiger partial charge in [0.25, 0.3) is 0 Å². The van der Waals surface area contributed by atoms with Gasteiger partial charge in [-0.15, -0.1) is 5.10 Å². The number of benzene rings is 1. The number of hydrogen-bond acceptors (Lipinski definition) is 4. The maximum absolute atomic E-state index is 4.64. The molecule has 1 aromatic carbocycles. The van der Waals surface area contributed by atoms with Crippen LogP contribution in [0.25, 0.3) is 10.9 Å². The normalized spacial score (nSPS) is 15.5. The number of thioether (sulfide) groups is 1. The van der Waals surface area contributed by atoms with Crippen LogP contribution in [0.5, 0.6) is 0 Å². The van der Waals surface area contributed by atoms with Gasteiger partial charge in [0.15, 0.2) is 0 Å². The van der Waals surface area contributed by atoms with Gasteiger partial charge in [0, 0.05) is 23.8 Å². The van der Waals surface area contributed by atoms with E-state index in [2.05, 4.69) is 44.4 Å². The molecule has 1 saturated carbocycles. The molecule has 0 bridgehead atoms. The molecule has 1 fully saturated rings. The number of aromatic amines is 1. The molecule has 23 heavy (non-hydrogen) atoms. The molecule has 1 aliphatic carbocycles. The van der Waals surface area contributed by atoms with E-state index in [0.29, 0.717) is 0 Å². The lowest BCUT2D eigenvalue weighted by Gasteiger charge is -2.04. The average molecular weight is 324 g/mol. The summed E-state index contributed by atoms with van der Waals surface area (Å²) in [5.74, 6) is 2.67. The van der Waals surface area contributed by atoms with Crippen LogP contribution >= 0.6 is 11.8 Å². The lowest BCUT2D eigenvalue weighted by molar-refractivity contribution is 0.531. The molecule has 5 heteroatoms. The van der Waals surface area contributed by atoms with E-state index >= 15 is 0 Å². The fourth-order valence-corrected chi connectivity index (χ4v) is 4.15. The number of nitrogens with one attached hydrogen (secondary N) is 1. The summed E-state index contributed by atoms with van der Waals surface area (Å²) in [6.07, 6.45) is 8.31. The lowest BCUT2D eigenvalue weighted by Crippen LogP contribution is -2.00. The fourth-order valence-electron chi connectivity index (χ4n) is 3.35. The quantitative estimate of drug-likeness (QED) is 0.708. The topological polar surface area (TPSA) is 54.5 Å². The Morgan fingerprint density at radius 2 is 2.00 bits per heavy atom. The van der Waals surface area contributed by atoms with Crippen molar-refractivity contribution < 1.29 is 0 Å². The maximum atomic E-state index is 4.64. The van der Waals surface area contributed by atoms with Crippen LogP contribution in [0, 0.1) is 5.92 Å². The molecule has 4 rings (SSSR count). The molecule has 0 aliphatic heterocycles. The van der Waals surface area contributed by atoms with E-state index in [1.54, 1.807) is 11.8 Å². The first-order chi connectivity index (χ1) is 11.4. The number of aromatic nitrogens is 4. The number of hydrogen-bond donors (Lipinski definition) is 1. The number of fused-ring (bicyclic) bond motifs is 1. The summed E-state index contributed by atoms with van der Waals surface area (Å²) in [5.41, 5.74) is 2.31. The molecule has 0 atom stereocenters. The Hall–Kier alpha value is -1.88. The number of para-hydroxylation sites is 1. The van der Waals surface area contributed by atoms with Gasteiger partial charge in [-0.25, -0.2) is 4.98 Å². The van der Waals surface area contributed by atoms with Crippen LogP contribution in [0.4, 0.5) is 0 Å². The first-order valence-electron chi connectivity index (χ1n) is 8.25. The van der Waals surface area contributed by atoms with Crippen LogP contribution in [0.3, 0.4) is 0 Å². The molecule has 2 heterocycles. The smallest absolute Gasteiger partial charge is 0.208 e. The Labute approximate surface area is 140 Å². The van der Waals surface area contributed by atoms with Crippen molar-refractivity contribution in [2.24, 2.45) is 5.92 Å². The van der Waals surface area contributed by atoms with Gasteiger partial charge in [-0.1, -0.05) is 61.7 Å². The van der Waals surface area contributed by atoms with Gasteiger partial charge in [0.2, 0.25) is 5.16 Å². The third-order valence-electron chi connectivity index (χ3n) is 4.54. The van der Waals surface area contributed by atoms with Crippen molar-refractivity contribution in [1.29, 1.82) is 0 Å². The highest BCUT2D eigenvalue weighted by atomic mass is 32.2. The predicted octanol–water partition coefficient (Wildman–Crippen LogP) is 4.38. The molecule has 0 amide bonds. The second-order valence-electron chi connectivity index (χ2n) is 6.20. The molecule has 1 N–H and O–H groups in total. The molecular formula is C18H20N4S. The zero-order chi connectivity index (χ0) is 15.5. The van der Waals surface area contributed by atoms with Crippen molar-refractivity contribution in [1.82, 2.24) is 20.2 Å². The SMILES string of the molecule is c1cnc2c(CSc3n[nH]c(CC4CCCC4)n3)cccc2c1. The standard InChI is InChI=1S/C18H20N4S/c1-2-6-13(5-1)11-16-20-18(22-21-16)23-12-15-8-3-7-14-9-4-10-19-17(14)15/h3-4,7-10,13H,1-2,5-6,11-12H2,(H,20,21,22). The van der Waals surface area contributed by atoms with Crippen LogP contribution in [-0.2, 0) is 12.2 Å². The Morgan fingerprint density at radius 1 is 1.13 bits per heavy atom. The molecule has 0 radical (unpaired) electrons. The van der Waals surface area contributed by atoms with Gasteiger partial charge < -0.3 is 0 Å². The Balaban J connectivity index is 1.43. The first kappa shape index (κ1) is 14.7. The van der Waals surface area contributed by atoms with Gasteiger partial charge >= 0.3 is 0 Å². The molecular weight excluding hydrogens is 304 g/mol. The highest BCUT2D eigenvalue weighted by molar-refractivity contribution is 7.98. The van der Waals surface area contributed by atoms with Gasteiger partial charge in [-0.05, 0) is 17.5 Å². The molecule has 3 aromatic rings. The summed E-state index contributed by atoms with van der Waals surface area (Å²) in [6.45, 7) is 0. The van der Waals surface area contributed by atoms with Gasteiger partial charge in [0.05, 0.1) is 5.52 Å². The highest BCUT2D eigenvalue weighted by Crippen LogP contribution is 2.28. The molecule has 4 nitrogen and oxygen atoms in total. The van der Waals surface area contributed by atoms with Crippen molar-refractivity contribution in [3.05, 3.63) is 47.9 Å². The molecule has 0 saturated heterocycles. The number of rotatable bonds is 5. The molecule has 2 aromatic heterocycles. The van der Waals surface area contributed by atoms with Crippen LogP contribution in [0.2, 0.25) is 0 Å². The predicted molar refractivity (Wildman–Crippen MR) is 93.3 cm³/mol. The van der Waals surface area contributed by atoms with Gasteiger partial charge in [0.1, 0.15) is 5.82 Å². The van der Waals surface area contributed by atoms with Crippen molar-refractivity contribution in [2.45, 2.75) is 43.0 Å². The summed E-state index contributed by atoms with van der Waals surface area (Å²) in [5, 5.41) is 9.49. The van der Waals surface area contributed by atoms with Crippen LogP contribution in [0.1, 0.15) is 37.1 Å². The maximum Gasteiger partial charge on any atom is 0.208 e. The summed E-state index contributed by atoms with van der Waals surface area (Å²) in [4.78, 5) is 9.15. The van der Waals surface area contributed by atoms with E-state index in [-0.39, 0.29) is 0 Å². The zero-order valence-corrected chi connectivity index (χ0v) is 13.9. The summed E-state index contributed by atoms with van der Waals surface area (Å²) in [7, 11) is 0. The van der Waals surface area contributed by atoms with Gasteiger partial charge in [-0.3, -0.25) is 10.1 Å². The third kappa shape index (κ3) is 3.39. The minimum atomic E-state index is 0.795. The lowest BCUT2D eigenvalue weighted by atomic mass is 10.0. The van der Waals surface area contributed by atoms with Crippen molar-refractivity contribution in [2.75, 3.05) is 0 Å². The van der Waals surface area contributed by atoms with Crippen molar-refractivity contribution in [3.63, 3.8) is 0 Å². The summed E-state index contributed by atoms with van der Waals surface area (Å²) < 4.78 is 0. The van der Waals surface area contributed by atoms with E-state index < -0.39 is 0 Å². The third-order valence-corrected chi connectivity index (χ3v) is 5.44. The first-order valence-corrected chi connectivity index (χ1v) is 9.24. The molecule has 0 spiro atoms. The molecule has 1 aliphatic rings. The van der Waals surface area contributed by atoms with E-state index in [9.17, 15) is 0 Å². The Morgan fingerprint density at radius 3 is 2.91 bits per heavy atom. The fraction of sp³-hybridized carbons (Fsp3) is 0.389. The summed E-state index contributed by atoms with van der Waals surface area (Å²) >= 11 is 1.67.